The number of piperidine rings is 1. The molecule has 2 N–H and O–H groups in total. The Balaban J connectivity index is 1.72. The zero-order chi connectivity index (χ0) is 15.2. The van der Waals surface area contributed by atoms with E-state index in [1.165, 1.54) is 12.8 Å². The van der Waals surface area contributed by atoms with Gasteiger partial charge in [0.1, 0.15) is 0 Å². The predicted molar refractivity (Wildman–Crippen MR) is 83.4 cm³/mol. The average Bonchev–Trinajstić information content (AvgIpc) is 2.83. The smallest absolute Gasteiger partial charge is 0.253 e. The standard InChI is InChI=1S/C16H27N3O2/c1-13-15(7-11-18(13)2)16(21)17-8-5-10-19-9-4-3-6-14(19)12-20/h7,11,14,20H,3-6,8-10,12H2,1-2H3,(H,17,21)/t14-/m0/s1. The van der Waals surface area contributed by atoms with Crippen molar-refractivity contribution in [2.45, 2.75) is 38.6 Å². The van der Waals surface area contributed by atoms with Gasteiger partial charge in [0.15, 0.2) is 0 Å². The summed E-state index contributed by atoms with van der Waals surface area (Å²) >= 11 is 0. The summed E-state index contributed by atoms with van der Waals surface area (Å²) in [6.07, 6.45) is 6.35. The van der Waals surface area contributed by atoms with Crippen LogP contribution in [0.1, 0.15) is 41.7 Å². The van der Waals surface area contributed by atoms with Crippen LogP contribution in [0.4, 0.5) is 0 Å². The van der Waals surface area contributed by atoms with Crippen LogP contribution in [-0.4, -0.2) is 52.8 Å². The number of nitrogens with zero attached hydrogens (tertiary/aromatic N) is 2. The van der Waals surface area contributed by atoms with Crippen molar-refractivity contribution < 1.29 is 9.90 Å². The Bertz CT molecular complexity index is 470. The Hall–Kier alpha value is -1.33. The number of aryl methyl sites for hydroxylation is 1. The molecule has 1 atom stereocenters. The van der Waals surface area contributed by atoms with Crippen molar-refractivity contribution in [3.63, 3.8) is 0 Å². The van der Waals surface area contributed by atoms with Crippen molar-refractivity contribution in [1.82, 2.24) is 14.8 Å². The monoisotopic (exact) mass is 293 g/mol. The zero-order valence-electron chi connectivity index (χ0n) is 13.1. The Morgan fingerprint density at radius 1 is 1.48 bits per heavy atom. The first-order valence-electron chi connectivity index (χ1n) is 7.88. The van der Waals surface area contributed by atoms with Crippen molar-refractivity contribution in [3.05, 3.63) is 23.5 Å². The summed E-state index contributed by atoms with van der Waals surface area (Å²) in [6.45, 7) is 4.89. The fourth-order valence-electron chi connectivity index (χ4n) is 2.99. The van der Waals surface area contributed by atoms with Crippen LogP contribution in [0.2, 0.25) is 0 Å². The molecular weight excluding hydrogens is 266 g/mol. The summed E-state index contributed by atoms with van der Waals surface area (Å²) in [5, 5.41) is 12.4. The Morgan fingerprint density at radius 2 is 2.29 bits per heavy atom. The Labute approximate surface area is 126 Å². The lowest BCUT2D eigenvalue weighted by Gasteiger charge is -2.34. The fourth-order valence-corrected chi connectivity index (χ4v) is 2.99. The van der Waals surface area contributed by atoms with Crippen LogP contribution < -0.4 is 5.32 Å². The number of aromatic nitrogens is 1. The number of carbonyl (C=O) groups is 1. The van der Waals surface area contributed by atoms with Gasteiger partial charge in [0, 0.05) is 38.1 Å². The third-order valence-electron chi connectivity index (χ3n) is 4.50. The van der Waals surface area contributed by atoms with Crippen molar-refractivity contribution in [3.8, 4) is 0 Å². The summed E-state index contributed by atoms with van der Waals surface area (Å²) in [6, 6.07) is 2.17. The van der Waals surface area contributed by atoms with Crippen molar-refractivity contribution in [2.24, 2.45) is 7.05 Å². The van der Waals surface area contributed by atoms with Gasteiger partial charge in [0.25, 0.3) is 5.91 Å². The molecule has 21 heavy (non-hydrogen) atoms. The minimum Gasteiger partial charge on any atom is -0.395 e. The Kier molecular flexibility index (Phi) is 5.82. The van der Waals surface area contributed by atoms with Gasteiger partial charge < -0.3 is 15.0 Å². The molecule has 1 aromatic heterocycles. The number of amides is 1. The summed E-state index contributed by atoms with van der Waals surface area (Å²) < 4.78 is 1.95. The highest BCUT2D eigenvalue weighted by molar-refractivity contribution is 5.95. The molecule has 118 valence electrons. The van der Waals surface area contributed by atoms with Gasteiger partial charge in [-0.15, -0.1) is 0 Å². The van der Waals surface area contributed by atoms with Crippen LogP contribution in [0.5, 0.6) is 0 Å². The van der Waals surface area contributed by atoms with E-state index in [2.05, 4.69) is 10.2 Å². The molecule has 1 amide bonds. The predicted octanol–water partition coefficient (Wildman–Crippen LogP) is 1.30. The van der Waals surface area contributed by atoms with Gasteiger partial charge in [0.05, 0.1) is 12.2 Å². The van der Waals surface area contributed by atoms with Crippen LogP contribution in [0.15, 0.2) is 12.3 Å². The van der Waals surface area contributed by atoms with Crippen LogP contribution in [0.25, 0.3) is 0 Å². The largest absolute Gasteiger partial charge is 0.395 e. The maximum Gasteiger partial charge on any atom is 0.253 e. The number of likely N-dealkylation sites (tertiary alicyclic amines) is 1. The maximum absolute atomic E-state index is 12.1. The van der Waals surface area contributed by atoms with Crippen molar-refractivity contribution in [2.75, 3.05) is 26.2 Å². The molecule has 0 unspecified atom stereocenters. The summed E-state index contributed by atoms with van der Waals surface area (Å²) in [7, 11) is 1.94. The molecule has 5 heteroatoms. The number of aliphatic hydroxyl groups is 1. The highest BCUT2D eigenvalue weighted by atomic mass is 16.3. The molecule has 0 spiro atoms. The molecule has 0 aliphatic carbocycles. The topological polar surface area (TPSA) is 57.5 Å². The number of rotatable bonds is 6. The minimum absolute atomic E-state index is 0.00505. The van der Waals surface area contributed by atoms with Gasteiger partial charge in [-0.25, -0.2) is 0 Å². The van der Waals surface area contributed by atoms with Crippen molar-refractivity contribution >= 4 is 5.91 Å². The number of nitrogens with one attached hydrogen (secondary N) is 1. The summed E-state index contributed by atoms with van der Waals surface area (Å²) in [5.74, 6) is 0.00505. The Morgan fingerprint density at radius 3 is 2.95 bits per heavy atom. The second-order valence-corrected chi connectivity index (χ2v) is 5.90. The van der Waals surface area contributed by atoms with E-state index < -0.39 is 0 Å². The van der Waals surface area contributed by atoms with E-state index in [-0.39, 0.29) is 12.5 Å². The molecule has 0 aromatic carbocycles. The first-order valence-corrected chi connectivity index (χ1v) is 7.88. The lowest BCUT2D eigenvalue weighted by atomic mass is 10.0. The van der Waals surface area contributed by atoms with E-state index in [9.17, 15) is 9.90 Å². The second-order valence-electron chi connectivity index (χ2n) is 5.90. The van der Waals surface area contributed by atoms with Gasteiger partial charge in [-0.05, 0) is 38.8 Å². The first-order chi connectivity index (χ1) is 10.1. The fraction of sp³-hybridized carbons (Fsp3) is 0.688. The lowest BCUT2D eigenvalue weighted by molar-refractivity contribution is 0.0868. The second kappa shape index (κ2) is 7.61. The number of carbonyl (C=O) groups excluding carboxylic acids is 1. The molecular formula is C16H27N3O2. The highest BCUT2D eigenvalue weighted by Crippen LogP contribution is 2.16. The van der Waals surface area contributed by atoms with Gasteiger partial charge in [-0.3, -0.25) is 9.69 Å². The molecule has 2 heterocycles. The SMILES string of the molecule is Cc1c(C(=O)NCCCN2CCCC[C@H]2CO)ccn1C. The molecule has 1 aliphatic rings. The molecule has 2 rings (SSSR count). The van der Waals surface area contributed by atoms with E-state index in [0.29, 0.717) is 12.6 Å². The van der Waals surface area contributed by atoms with Crippen LogP contribution in [0, 0.1) is 6.92 Å². The molecule has 5 nitrogen and oxygen atoms in total. The number of aliphatic hydroxyl groups excluding tert-OH is 1. The normalized spacial score (nSPS) is 19.7. The van der Waals surface area contributed by atoms with Gasteiger partial charge in [-0.1, -0.05) is 6.42 Å². The zero-order valence-corrected chi connectivity index (χ0v) is 13.1. The van der Waals surface area contributed by atoms with E-state index in [1.807, 2.05) is 30.8 Å². The molecule has 1 saturated heterocycles. The maximum atomic E-state index is 12.1. The molecule has 0 radical (unpaired) electrons. The van der Waals surface area contributed by atoms with E-state index in [0.717, 1.165) is 37.2 Å². The number of hydrogen-bond donors (Lipinski definition) is 2. The van der Waals surface area contributed by atoms with Crippen molar-refractivity contribution in [1.29, 1.82) is 0 Å². The van der Waals surface area contributed by atoms with E-state index in [4.69, 9.17) is 0 Å². The van der Waals surface area contributed by atoms with Gasteiger partial charge in [-0.2, -0.15) is 0 Å². The summed E-state index contributed by atoms with van der Waals surface area (Å²) in [4.78, 5) is 14.4. The average molecular weight is 293 g/mol. The summed E-state index contributed by atoms with van der Waals surface area (Å²) in [5.41, 5.74) is 1.74. The van der Waals surface area contributed by atoms with E-state index >= 15 is 0 Å². The van der Waals surface area contributed by atoms with Gasteiger partial charge in [0.2, 0.25) is 0 Å². The first kappa shape index (κ1) is 16.0. The molecule has 1 fully saturated rings. The molecule has 1 aromatic rings. The highest BCUT2D eigenvalue weighted by Gasteiger charge is 2.20. The van der Waals surface area contributed by atoms with E-state index in [1.54, 1.807) is 0 Å². The number of hydrogen-bond acceptors (Lipinski definition) is 3. The lowest BCUT2D eigenvalue weighted by Crippen LogP contribution is -2.43. The molecule has 0 saturated carbocycles. The third-order valence-corrected chi connectivity index (χ3v) is 4.50. The molecule has 0 bridgehead atoms. The minimum atomic E-state index is 0.00505. The third kappa shape index (κ3) is 4.08. The van der Waals surface area contributed by atoms with Crippen LogP contribution in [-0.2, 0) is 7.05 Å². The van der Waals surface area contributed by atoms with Crippen LogP contribution in [0.3, 0.4) is 0 Å². The molecule has 1 aliphatic heterocycles. The quantitative estimate of drug-likeness (QED) is 0.777. The van der Waals surface area contributed by atoms with Crippen LogP contribution >= 0.6 is 0 Å². The van der Waals surface area contributed by atoms with Gasteiger partial charge >= 0.3 is 0 Å².